The molecule has 2 aliphatic rings. The molecule has 0 radical (unpaired) electrons. The summed E-state index contributed by atoms with van der Waals surface area (Å²) < 4.78 is 17.8. The molecular formula is C34H54O4Sn. The van der Waals surface area contributed by atoms with Crippen LogP contribution in [-0.2, 0) is 25.5 Å². The van der Waals surface area contributed by atoms with E-state index in [1.807, 2.05) is 26.8 Å². The van der Waals surface area contributed by atoms with Gasteiger partial charge in [0.1, 0.15) is 5.60 Å². The zero-order valence-corrected chi connectivity index (χ0v) is 28.9. The van der Waals surface area contributed by atoms with Crippen LogP contribution in [0.5, 0.6) is 0 Å². The van der Waals surface area contributed by atoms with Gasteiger partial charge in [0.05, 0.1) is 0 Å². The number of esters is 2. The van der Waals surface area contributed by atoms with Gasteiger partial charge in [0.15, 0.2) is 0 Å². The van der Waals surface area contributed by atoms with E-state index >= 15 is 0 Å². The fourth-order valence-corrected chi connectivity index (χ4v) is 23.9. The van der Waals surface area contributed by atoms with Crippen molar-refractivity contribution in [1.29, 1.82) is 0 Å². The van der Waals surface area contributed by atoms with E-state index in [1.54, 1.807) is 3.58 Å². The van der Waals surface area contributed by atoms with E-state index in [4.69, 9.17) is 9.47 Å². The van der Waals surface area contributed by atoms with Crippen molar-refractivity contribution in [3.8, 4) is 0 Å². The molecule has 1 saturated carbocycles. The summed E-state index contributed by atoms with van der Waals surface area (Å²) in [6.07, 6.45) is 13.0. The number of hydrogen-bond acceptors (Lipinski definition) is 4. The van der Waals surface area contributed by atoms with Gasteiger partial charge in [0, 0.05) is 0 Å². The zero-order valence-electron chi connectivity index (χ0n) is 26.0. The van der Waals surface area contributed by atoms with Crippen LogP contribution in [0.2, 0.25) is 13.3 Å². The molecule has 0 aliphatic heterocycles. The third-order valence-electron chi connectivity index (χ3n) is 9.08. The predicted octanol–water partition coefficient (Wildman–Crippen LogP) is 8.44. The van der Waals surface area contributed by atoms with E-state index in [1.165, 1.54) is 69.0 Å². The van der Waals surface area contributed by atoms with Gasteiger partial charge >= 0.3 is 217 Å². The molecule has 1 aromatic rings. The number of carbonyl (C=O) groups excluding carboxylic acids is 2. The number of unbranched alkanes of at least 4 members (excludes halogenated alkanes) is 3. The maximum atomic E-state index is 13.4. The molecule has 0 amide bonds. The fourth-order valence-electron chi connectivity index (χ4n) is 6.78. The number of allylic oxidation sites excluding steroid dienone is 1. The normalized spacial score (nSPS) is 22.1. The third-order valence-corrected chi connectivity index (χ3v) is 24.9. The van der Waals surface area contributed by atoms with Crippen LogP contribution in [-0.4, -0.2) is 35.9 Å². The van der Waals surface area contributed by atoms with Crippen LogP contribution in [0.1, 0.15) is 118 Å². The van der Waals surface area contributed by atoms with Crippen LogP contribution >= 0.6 is 0 Å². The van der Waals surface area contributed by atoms with Crippen LogP contribution in [0, 0.1) is 17.3 Å². The number of carbonyl (C=O) groups is 2. The predicted molar refractivity (Wildman–Crippen MR) is 164 cm³/mol. The molecule has 1 unspecified atom stereocenters. The van der Waals surface area contributed by atoms with Crippen molar-refractivity contribution in [3.63, 3.8) is 0 Å². The summed E-state index contributed by atoms with van der Waals surface area (Å²) in [4.78, 5) is 25.6. The van der Waals surface area contributed by atoms with Crippen molar-refractivity contribution < 1.29 is 19.1 Å². The summed E-state index contributed by atoms with van der Waals surface area (Å²) >= 11 is -2.59. The molecule has 0 spiro atoms. The Balaban J connectivity index is 1.79. The number of benzene rings is 1. The van der Waals surface area contributed by atoms with E-state index in [-0.39, 0.29) is 35.3 Å². The van der Waals surface area contributed by atoms with Gasteiger partial charge in [0.2, 0.25) is 0 Å². The first-order chi connectivity index (χ1) is 18.4. The summed E-state index contributed by atoms with van der Waals surface area (Å²) in [5.74, 6) is -0.718. The second kappa shape index (κ2) is 13.6. The molecule has 0 heterocycles. The van der Waals surface area contributed by atoms with Gasteiger partial charge in [-0.2, -0.15) is 0 Å². The minimum atomic E-state index is -2.59. The van der Waals surface area contributed by atoms with Crippen molar-refractivity contribution in [3.05, 3.63) is 41.5 Å². The van der Waals surface area contributed by atoms with Gasteiger partial charge in [0.25, 0.3) is 0 Å². The van der Waals surface area contributed by atoms with Crippen molar-refractivity contribution in [2.24, 2.45) is 17.3 Å². The molecule has 218 valence electrons. The standard InChI is InChI=1S/C22H27O4.3C4H9.Sn/c1-21(2,3)26-18(23)13-11-16-19(22(16,4)5)20(24)25-17-12-10-14-8-6-7-9-15(14)17;3*1-3-4-2;/h6-7,9,11,13,16-17,19H,10,12H2,1-5H3;3*1,3-4H2,2H3;/b13-11-;;;;/t16-,17?,19-;;;;/m0..../s1. The first-order valence-electron chi connectivity index (χ1n) is 15.6. The number of fused-ring (bicyclic) bond motifs is 1. The second-order valence-corrected chi connectivity index (χ2v) is 26.8. The van der Waals surface area contributed by atoms with E-state index in [9.17, 15) is 9.59 Å². The first-order valence-corrected chi connectivity index (χ1v) is 23.1. The van der Waals surface area contributed by atoms with Crippen LogP contribution in [0.4, 0.5) is 0 Å². The summed E-state index contributed by atoms with van der Waals surface area (Å²) in [6.45, 7) is 16.7. The topological polar surface area (TPSA) is 52.6 Å². The molecule has 1 fully saturated rings. The molecular weight excluding hydrogens is 591 g/mol. The van der Waals surface area contributed by atoms with Crippen molar-refractivity contribution in [2.75, 3.05) is 0 Å². The van der Waals surface area contributed by atoms with E-state index in [0.717, 1.165) is 12.8 Å². The maximum absolute atomic E-state index is 13.4. The van der Waals surface area contributed by atoms with Crippen molar-refractivity contribution >= 4 is 33.9 Å². The molecule has 4 nitrogen and oxygen atoms in total. The fraction of sp³-hybridized carbons (Fsp3) is 0.706. The molecule has 0 aromatic heterocycles. The number of ether oxygens (including phenoxy) is 2. The average Bonchev–Trinajstić information content (AvgIpc) is 3.19. The van der Waals surface area contributed by atoms with Gasteiger partial charge in [-0.25, -0.2) is 0 Å². The molecule has 0 N–H and O–H groups in total. The van der Waals surface area contributed by atoms with E-state index < -0.39 is 24.0 Å². The Morgan fingerprint density at radius 1 is 1.00 bits per heavy atom. The van der Waals surface area contributed by atoms with Crippen LogP contribution in [0.3, 0.4) is 0 Å². The second-order valence-electron chi connectivity index (χ2n) is 13.6. The van der Waals surface area contributed by atoms with Crippen LogP contribution in [0.15, 0.2) is 30.4 Å². The van der Waals surface area contributed by atoms with Gasteiger partial charge < -0.3 is 0 Å². The summed E-state index contributed by atoms with van der Waals surface area (Å²) in [5, 5.41) is 0. The first kappa shape index (κ1) is 32.2. The van der Waals surface area contributed by atoms with E-state index in [2.05, 4.69) is 52.8 Å². The Hall–Kier alpha value is -1.30. The molecule has 3 atom stereocenters. The Labute approximate surface area is 242 Å². The van der Waals surface area contributed by atoms with Gasteiger partial charge in [-0.05, 0) is 20.8 Å². The van der Waals surface area contributed by atoms with Crippen molar-refractivity contribution in [1.82, 2.24) is 0 Å². The van der Waals surface area contributed by atoms with Gasteiger partial charge in [-0.1, -0.05) is 0 Å². The van der Waals surface area contributed by atoms with Crippen LogP contribution in [0.25, 0.3) is 0 Å². The minimum absolute atomic E-state index is 0.00860. The molecule has 3 rings (SSSR count). The Morgan fingerprint density at radius 2 is 1.59 bits per heavy atom. The molecule has 39 heavy (non-hydrogen) atoms. The number of rotatable bonds is 14. The van der Waals surface area contributed by atoms with Crippen LogP contribution < -0.4 is 3.58 Å². The summed E-state index contributed by atoms with van der Waals surface area (Å²) in [7, 11) is 0. The summed E-state index contributed by atoms with van der Waals surface area (Å²) in [5.41, 5.74) is 2.06. The molecule has 1 aromatic carbocycles. The Kier molecular flexibility index (Phi) is 11.2. The summed E-state index contributed by atoms with van der Waals surface area (Å²) in [6, 6.07) is 6.95. The average molecular weight is 646 g/mol. The molecule has 0 bridgehead atoms. The van der Waals surface area contributed by atoms with Gasteiger partial charge in [-0.15, -0.1) is 0 Å². The molecule has 2 aliphatic carbocycles. The van der Waals surface area contributed by atoms with Gasteiger partial charge in [-0.3, -0.25) is 0 Å². The SMILES string of the molecule is CCC[CH2][Sn]([CH2]CCC)([CH2]CCC)[c]1cccc2c1CCC2OC(=O)[C@@H]1[C@H](/C=C\C(=O)OC(C)(C)C)C1(C)C. The number of hydrogen-bond donors (Lipinski definition) is 0. The molecule has 0 saturated heterocycles. The van der Waals surface area contributed by atoms with E-state index in [0.29, 0.717) is 0 Å². The van der Waals surface area contributed by atoms with Crippen molar-refractivity contribution in [2.45, 2.75) is 132 Å². The quantitative estimate of drug-likeness (QED) is 0.116. The Morgan fingerprint density at radius 3 is 2.13 bits per heavy atom. The third kappa shape index (κ3) is 7.92. The Bertz CT molecular complexity index is 997. The zero-order chi connectivity index (χ0) is 28.8. The monoisotopic (exact) mass is 646 g/mol. The molecule has 5 heteroatoms.